The number of amides is 1. The molecule has 1 heterocycles. The molecule has 0 spiro atoms. The number of ether oxygens (including phenoxy) is 1. The van der Waals surface area contributed by atoms with E-state index >= 15 is 0 Å². The second kappa shape index (κ2) is 6.61. The molecule has 5 nitrogen and oxygen atoms in total. The molecule has 0 saturated carbocycles. The first-order chi connectivity index (χ1) is 9.99. The quantitative estimate of drug-likeness (QED) is 0.902. The van der Waals surface area contributed by atoms with E-state index in [0.29, 0.717) is 18.7 Å². The van der Waals surface area contributed by atoms with Crippen LogP contribution >= 0.6 is 0 Å². The minimum absolute atomic E-state index is 0.0276. The Hall–Kier alpha value is -2.04. The van der Waals surface area contributed by atoms with Crippen molar-refractivity contribution in [3.8, 4) is 5.75 Å². The molecule has 1 aliphatic rings. The van der Waals surface area contributed by atoms with Gasteiger partial charge in [0.1, 0.15) is 11.8 Å². The summed E-state index contributed by atoms with van der Waals surface area (Å²) in [4.78, 5) is 25.0. The van der Waals surface area contributed by atoms with Crippen molar-refractivity contribution in [2.75, 3.05) is 6.54 Å². The second-order valence-corrected chi connectivity index (χ2v) is 5.53. The van der Waals surface area contributed by atoms with Crippen LogP contribution < -0.4 is 4.74 Å². The lowest BCUT2D eigenvalue weighted by atomic mass is 10.1. The third kappa shape index (κ3) is 3.74. The third-order valence-corrected chi connectivity index (χ3v) is 3.54. The zero-order valence-electron chi connectivity index (χ0n) is 12.4. The molecule has 1 saturated heterocycles. The first-order valence-corrected chi connectivity index (χ1v) is 7.26. The fraction of sp³-hybridized carbons (Fsp3) is 0.500. The molecule has 5 heteroatoms. The van der Waals surface area contributed by atoms with Gasteiger partial charge in [0.2, 0.25) is 5.91 Å². The SMILES string of the molecule is CC(C)Oc1ccccc1CC(=O)N1CCC[C@@H]1C(=O)O. The van der Waals surface area contributed by atoms with Gasteiger partial charge in [0.05, 0.1) is 12.5 Å². The highest BCUT2D eigenvalue weighted by molar-refractivity contribution is 5.85. The van der Waals surface area contributed by atoms with Crippen LogP contribution in [0.15, 0.2) is 24.3 Å². The maximum Gasteiger partial charge on any atom is 0.326 e. The van der Waals surface area contributed by atoms with Gasteiger partial charge in [-0.1, -0.05) is 18.2 Å². The lowest BCUT2D eigenvalue weighted by Crippen LogP contribution is -2.41. The largest absolute Gasteiger partial charge is 0.491 e. The van der Waals surface area contributed by atoms with Crippen molar-refractivity contribution < 1.29 is 19.4 Å². The molecule has 0 aromatic heterocycles. The second-order valence-electron chi connectivity index (χ2n) is 5.53. The molecule has 1 N–H and O–H groups in total. The number of hydrogen-bond donors (Lipinski definition) is 1. The molecule has 2 rings (SSSR count). The molecule has 0 unspecified atom stereocenters. The number of carbonyl (C=O) groups is 2. The van der Waals surface area contributed by atoms with Crippen LogP contribution in [0.1, 0.15) is 32.3 Å². The van der Waals surface area contributed by atoms with Crippen molar-refractivity contribution in [1.82, 2.24) is 4.90 Å². The molecular formula is C16H21NO4. The zero-order chi connectivity index (χ0) is 15.4. The average molecular weight is 291 g/mol. The molecular weight excluding hydrogens is 270 g/mol. The number of likely N-dealkylation sites (tertiary alicyclic amines) is 1. The summed E-state index contributed by atoms with van der Waals surface area (Å²) < 4.78 is 5.70. The maximum absolute atomic E-state index is 12.4. The van der Waals surface area contributed by atoms with E-state index in [4.69, 9.17) is 9.84 Å². The third-order valence-electron chi connectivity index (χ3n) is 3.54. The number of carboxylic acid groups (broad SMARTS) is 1. The van der Waals surface area contributed by atoms with E-state index in [1.165, 1.54) is 4.90 Å². The Balaban J connectivity index is 2.11. The van der Waals surface area contributed by atoms with Crippen molar-refractivity contribution in [3.05, 3.63) is 29.8 Å². The van der Waals surface area contributed by atoms with Gasteiger partial charge in [-0.15, -0.1) is 0 Å². The number of carboxylic acids is 1. The number of benzene rings is 1. The van der Waals surface area contributed by atoms with Crippen molar-refractivity contribution in [2.45, 2.75) is 45.3 Å². The Kier molecular flexibility index (Phi) is 4.83. The van der Waals surface area contributed by atoms with Gasteiger partial charge in [-0.25, -0.2) is 4.79 Å². The molecule has 0 bridgehead atoms. The van der Waals surface area contributed by atoms with E-state index in [9.17, 15) is 9.59 Å². The van der Waals surface area contributed by atoms with Crippen molar-refractivity contribution in [2.24, 2.45) is 0 Å². The minimum Gasteiger partial charge on any atom is -0.491 e. The minimum atomic E-state index is -0.924. The smallest absolute Gasteiger partial charge is 0.326 e. The summed E-state index contributed by atoms with van der Waals surface area (Å²) in [6.07, 6.45) is 1.48. The number of para-hydroxylation sites is 1. The van der Waals surface area contributed by atoms with Crippen molar-refractivity contribution in [1.29, 1.82) is 0 Å². The van der Waals surface area contributed by atoms with Crippen LogP contribution in [0.25, 0.3) is 0 Å². The Morgan fingerprint density at radius 1 is 1.38 bits per heavy atom. The Bertz CT molecular complexity index is 527. The number of aliphatic carboxylic acids is 1. The van der Waals surface area contributed by atoms with Crippen LogP contribution in [0.3, 0.4) is 0 Å². The highest BCUT2D eigenvalue weighted by Gasteiger charge is 2.33. The number of hydrogen-bond acceptors (Lipinski definition) is 3. The van der Waals surface area contributed by atoms with Crippen LogP contribution in [-0.4, -0.2) is 40.6 Å². The summed E-state index contributed by atoms with van der Waals surface area (Å²) in [5.41, 5.74) is 0.798. The number of nitrogens with zero attached hydrogens (tertiary/aromatic N) is 1. The lowest BCUT2D eigenvalue weighted by molar-refractivity contribution is -0.148. The summed E-state index contributed by atoms with van der Waals surface area (Å²) in [5.74, 6) is -0.390. The normalized spacial score (nSPS) is 18.0. The molecule has 1 atom stereocenters. The predicted molar refractivity (Wildman–Crippen MR) is 78.3 cm³/mol. The van der Waals surface area contributed by atoms with Gasteiger partial charge in [-0.3, -0.25) is 4.79 Å². The van der Waals surface area contributed by atoms with Crippen LogP contribution in [0, 0.1) is 0 Å². The molecule has 1 aliphatic heterocycles. The molecule has 21 heavy (non-hydrogen) atoms. The monoisotopic (exact) mass is 291 g/mol. The summed E-state index contributed by atoms with van der Waals surface area (Å²) in [6, 6.07) is 6.72. The standard InChI is InChI=1S/C16H21NO4/c1-11(2)21-14-8-4-3-6-12(14)10-15(18)17-9-5-7-13(17)16(19)20/h3-4,6,8,11,13H,5,7,9-10H2,1-2H3,(H,19,20)/t13-/m1/s1. The fourth-order valence-electron chi connectivity index (χ4n) is 2.61. The topological polar surface area (TPSA) is 66.8 Å². The van der Waals surface area contributed by atoms with Gasteiger partial charge in [-0.2, -0.15) is 0 Å². The Morgan fingerprint density at radius 2 is 2.10 bits per heavy atom. The van der Waals surface area contributed by atoms with E-state index in [1.54, 1.807) is 0 Å². The summed E-state index contributed by atoms with van der Waals surface area (Å²) in [7, 11) is 0. The Labute approximate surface area is 124 Å². The highest BCUT2D eigenvalue weighted by atomic mass is 16.5. The lowest BCUT2D eigenvalue weighted by Gasteiger charge is -2.22. The molecule has 1 fully saturated rings. The van der Waals surface area contributed by atoms with Crippen molar-refractivity contribution in [3.63, 3.8) is 0 Å². The van der Waals surface area contributed by atoms with E-state index in [-0.39, 0.29) is 18.4 Å². The molecule has 1 aromatic carbocycles. The van der Waals surface area contributed by atoms with Gasteiger partial charge < -0.3 is 14.7 Å². The molecule has 0 radical (unpaired) electrons. The molecule has 0 aliphatic carbocycles. The van der Waals surface area contributed by atoms with E-state index in [0.717, 1.165) is 12.0 Å². The number of carbonyl (C=O) groups excluding carboxylic acids is 1. The van der Waals surface area contributed by atoms with Gasteiger partial charge in [-0.05, 0) is 32.8 Å². The number of rotatable bonds is 5. The highest BCUT2D eigenvalue weighted by Crippen LogP contribution is 2.23. The average Bonchev–Trinajstić information content (AvgIpc) is 2.90. The summed E-state index contributed by atoms with van der Waals surface area (Å²) >= 11 is 0. The van der Waals surface area contributed by atoms with Crippen molar-refractivity contribution >= 4 is 11.9 Å². The first-order valence-electron chi connectivity index (χ1n) is 7.26. The molecule has 1 amide bonds. The molecule has 114 valence electrons. The van der Waals surface area contributed by atoms with Crippen LogP contribution in [0.5, 0.6) is 5.75 Å². The predicted octanol–water partition coefficient (Wildman–Crippen LogP) is 2.09. The van der Waals surface area contributed by atoms with Gasteiger partial charge in [0, 0.05) is 12.1 Å². The molecule has 1 aromatic rings. The summed E-state index contributed by atoms with van der Waals surface area (Å²) in [6.45, 7) is 4.38. The first kappa shape index (κ1) is 15.4. The van der Waals surface area contributed by atoms with Crippen LogP contribution in [0.4, 0.5) is 0 Å². The Morgan fingerprint density at radius 3 is 2.76 bits per heavy atom. The maximum atomic E-state index is 12.4. The van der Waals surface area contributed by atoms with E-state index in [2.05, 4.69) is 0 Å². The summed E-state index contributed by atoms with van der Waals surface area (Å²) in [5, 5.41) is 9.15. The van der Waals surface area contributed by atoms with Gasteiger partial charge >= 0.3 is 5.97 Å². The van der Waals surface area contributed by atoms with Gasteiger partial charge in [0.25, 0.3) is 0 Å². The van der Waals surface area contributed by atoms with E-state index in [1.807, 2.05) is 38.1 Å². The zero-order valence-corrected chi connectivity index (χ0v) is 12.4. The van der Waals surface area contributed by atoms with Crippen LogP contribution in [-0.2, 0) is 16.0 Å². The van der Waals surface area contributed by atoms with Gasteiger partial charge in [0.15, 0.2) is 0 Å². The van der Waals surface area contributed by atoms with E-state index < -0.39 is 12.0 Å². The van der Waals surface area contributed by atoms with Crippen LogP contribution in [0.2, 0.25) is 0 Å². The fourth-order valence-corrected chi connectivity index (χ4v) is 2.61.